The minimum atomic E-state index is -0.254. The molecule has 0 bridgehead atoms. The van der Waals surface area contributed by atoms with E-state index in [1.54, 1.807) is 4.90 Å². The van der Waals surface area contributed by atoms with Gasteiger partial charge in [-0.3, -0.25) is 0 Å². The Hall–Kier alpha value is -3.07. The lowest BCUT2D eigenvalue weighted by Crippen LogP contribution is -2.39. The van der Waals surface area contributed by atoms with Crippen LogP contribution < -0.4 is 15.0 Å². The van der Waals surface area contributed by atoms with Crippen molar-refractivity contribution in [1.29, 1.82) is 0 Å². The molecule has 2 aromatic rings. The zero-order valence-corrected chi connectivity index (χ0v) is 22.7. The standard InChI is InChI=1S/C29H41N5O4/c1-21-3-7-24(8-4-21)31-28-30-19-26(23-5-9-25(10-6-23)33-15-17-37-18-16-33)27(32-28)38-20-22-11-13-34(14-12-22)29(35)36-2/h5-6,9-10,19,21-22,24H,3-4,7-8,11-18,20H2,1-2H3,(H,30,31,32). The maximum absolute atomic E-state index is 11.8. The lowest BCUT2D eigenvalue weighted by Gasteiger charge is -2.31. The molecule has 38 heavy (non-hydrogen) atoms. The molecule has 3 heterocycles. The van der Waals surface area contributed by atoms with Crippen LogP contribution in [0.3, 0.4) is 0 Å². The van der Waals surface area contributed by atoms with Crippen molar-refractivity contribution in [3.05, 3.63) is 30.5 Å². The quantitative estimate of drug-likeness (QED) is 0.552. The zero-order chi connectivity index (χ0) is 26.3. The summed E-state index contributed by atoms with van der Waals surface area (Å²) in [5.74, 6) is 2.40. The predicted molar refractivity (Wildman–Crippen MR) is 148 cm³/mol. The summed E-state index contributed by atoms with van der Waals surface area (Å²) in [6.45, 7) is 7.61. The first kappa shape index (κ1) is 26.5. The van der Waals surface area contributed by atoms with Gasteiger partial charge in [-0.1, -0.05) is 19.1 Å². The zero-order valence-electron chi connectivity index (χ0n) is 22.7. The normalized spacial score (nSPS) is 22.7. The number of anilines is 2. The molecule has 206 valence electrons. The summed E-state index contributed by atoms with van der Waals surface area (Å²) in [5.41, 5.74) is 3.13. The summed E-state index contributed by atoms with van der Waals surface area (Å²) in [7, 11) is 1.43. The largest absolute Gasteiger partial charge is 0.477 e. The van der Waals surface area contributed by atoms with Gasteiger partial charge in [0.25, 0.3) is 0 Å². The summed E-state index contributed by atoms with van der Waals surface area (Å²) in [6.07, 6.45) is 8.16. The molecule has 0 atom stereocenters. The Morgan fingerprint density at radius 3 is 2.42 bits per heavy atom. The third-order valence-electron chi connectivity index (χ3n) is 8.16. The number of morpholine rings is 1. The molecular weight excluding hydrogens is 482 g/mol. The Kier molecular flexibility index (Phi) is 8.83. The van der Waals surface area contributed by atoms with E-state index in [0.29, 0.717) is 43.5 Å². The van der Waals surface area contributed by atoms with Crippen LogP contribution in [-0.2, 0) is 9.47 Å². The molecule has 5 rings (SSSR count). The lowest BCUT2D eigenvalue weighted by atomic mass is 9.87. The number of amides is 1. The van der Waals surface area contributed by atoms with Gasteiger partial charge < -0.3 is 29.3 Å². The fourth-order valence-corrected chi connectivity index (χ4v) is 5.61. The number of rotatable bonds is 7. The molecule has 9 heteroatoms. The SMILES string of the molecule is COC(=O)N1CCC(COc2nc(NC3CCC(C)CC3)ncc2-c2ccc(N3CCOCC3)cc2)CC1. The Morgan fingerprint density at radius 1 is 1.03 bits per heavy atom. The van der Waals surface area contributed by atoms with E-state index in [1.807, 2.05) is 6.20 Å². The second kappa shape index (κ2) is 12.7. The van der Waals surface area contributed by atoms with E-state index in [2.05, 4.69) is 46.4 Å². The van der Waals surface area contributed by atoms with Crippen molar-refractivity contribution in [1.82, 2.24) is 14.9 Å². The molecule has 2 aliphatic heterocycles. The van der Waals surface area contributed by atoms with E-state index in [0.717, 1.165) is 69.0 Å². The highest BCUT2D eigenvalue weighted by atomic mass is 16.5. The maximum Gasteiger partial charge on any atom is 0.409 e. The molecule has 1 aromatic carbocycles. The van der Waals surface area contributed by atoms with Crippen molar-refractivity contribution >= 4 is 17.7 Å². The highest BCUT2D eigenvalue weighted by Crippen LogP contribution is 2.32. The molecule has 1 amide bonds. The number of ether oxygens (including phenoxy) is 3. The first-order valence-corrected chi connectivity index (χ1v) is 14.1. The number of carbonyl (C=O) groups excluding carboxylic acids is 1. The minimum Gasteiger partial charge on any atom is -0.477 e. The topological polar surface area (TPSA) is 89.0 Å². The van der Waals surface area contributed by atoms with Gasteiger partial charge in [0.2, 0.25) is 11.8 Å². The van der Waals surface area contributed by atoms with Crippen molar-refractivity contribution in [2.24, 2.45) is 11.8 Å². The fourth-order valence-electron chi connectivity index (χ4n) is 5.61. The Morgan fingerprint density at radius 2 is 1.74 bits per heavy atom. The van der Waals surface area contributed by atoms with E-state index >= 15 is 0 Å². The summed E-state index contributed by atoms with van der Waals surface area (Å²) in [4.78, 5) is 25.5. The molecule has 2 saturated heterocycles. The summed E-state index contributed by atoms with van der Waals surface area (Å²) >= 11 is 0. The predicted octanol–water partition coefficient (Wildman–Crippen LogP) is 4.83. The number of hydrogen-bond acceptors (Lipinski definition) is 8. The van der Waals surface area contributed by atoms with Gasteiger partial charge in [0.05, 0.1) is 32.5 Å². The molecule has 1 aromatic heterocycles. The average Bonchev–Trinajstić information content (AvgIpc) is 2.98. The van der Waals surface area contributed by atoms with E-state index in [-0.39, 0.29) is 6.09 Å². The minimum absolute atomic E-state index is 0.254. The molecule has 1 N–H and O–H groups in total. The molecule has 0 unspecified atom stereocenters. The second-order valence-corrected chi connectivity index (χ2v) is 10.9. The van der Waals surface area contributed by atoms with Crippen LogP contribution in [0.2, 0.25) is 0 Å². The summed E-state index contributed by atoms with van der Waals surface area (Å²) < 4.78 is 16.8. The van der Waals surface area contributed by atoms with Gasteiger partial charge in [0.15, 0.2) is 0 Å². The molecular formula is C29H41N5O4. The van der Waals surface area contributed by atoms with Gasteiger partial charge in [-0.2, -0.15) is 4.98 Å². The van der Waals surface area contributed by atoms with Crippen molar-refractivity contribution in [3.8, 4) is 17.0 Å². The van der Waals surface area contributed by atoms with Crippen LogP contribution >= 0.6 is 0 Å². The summed E-state index contributed by atoms with van der Waals surface area (Å²) in [5, 5.41) is 3.56. The third-order valence-corrected chi connectivity index (χ3v) is 8.16. The molecule has 1 aliphatic carbocycles. The molecule has 1 saturated carbocycles. The number of piperidine rings is 1. The summed E-state index contributed by atoms with van der Waals surface area (Å²) in [6, 6.07) is 8.96. The highest BCUT2D eigenvalue weighted by Gasteiger charge is 2.25. The number of nitrogens with zero attached hydrogens (tertiary/aromatic N) is 4. The lowest BCUT2D eigenvalue weighted by molar-refractivity contribution is 0.0960. The molecule has 3 aliphatic rings. The van der Waals surface area contributed by atoms with Crippen LogP contribution in [0.1, 0.15) is 45.4 Å². The maximum atomic E-state index is 11.8. The van der Waals surface area contributed by atoms with E-state index < -0.39 is 0 Å². The first-order valence-electron chi connectivity index (χ1n) is 14.1. The van der Waals surface area contributed by atoms with Crippen LogP contribution in [0, 0.1) is 11.8 Å². The van der Waals surface area contributed by atoms with Crippen LogP contribution in [0.15, 0.2) is 30.5 Å². The Labute approximate surface area is 225 Å². The number of nitrogens with one attached hydrogen (secondary N) is 1. The van der Waals surface area contributed by atoms with Gasteiger partial charge in [-0.25, -0.2) is 9.78 Å². The van der Waals surface area contributed by atoms with E-state index in [9.17, 15) is 4.79 Å². The van der Waals surface area contributed by atoms with Gasteiger partial charge in [0.1, 0.15) is 0 Å². The van der Waals surface area contributed by atoms with Crippen LogP contribution in [-0.4, -0.2) is 80.1 Å². The Bertz CT molecular complexity index is 1040. The number of likely N-dealkylation sites (tertiary alicyclic amines) is 1. The number of benzene rings is 1. The van der Waals surface area contributed by atoms with Crippen molar-refractivity contribution in [3.63, 3.8) is 0 Å². The molecule has 0 spiro atoms. The van der Waals surface area contributed by atoms with Gasteiger partial charge in [-0.15, -0.1) is 0 Å². The van der Waals surface area contributed by atoms with Crippen molar-refractivity contribution in [2.45, 2.75) is 51.5 Å². The van der Waals surface area contributed by atoms with E-state index in [4.69, 9.17) is 19.2 Å². The average molecular weight is 524 g/mol. The highest BCUT2D eigenvalue weighted by molar-refractivity contribution is 5.70. The monoisotopic (exact) mass is 523 g/mol. The van der Waals surface area contributed by atoms with E-state index in [1.165, 1.54) is 25.6 Å². The van der Waals surface area contributed by atoms with Gasteiger partial charge >= 0.3 is 6.09 Å². The molecule has 0 radical (unpaired) electrons. The van der Waals surface area contributed by atoms with Crippen LogP contribution in [0.25, 0.3) is 11.1 Å². The van der Waals surface area contributed by atoms with Crippen LogP contribution in [0.4, 0.5) is 16.4 Å². The fraction of sp³-hybridized carbons (Fsp3) is 0.621. The Balaban J connectivity index is 1.30. The first-order chi connectivity index (χ1) is 18.6. The number of aromatic nitrogens is 2. The number of carbonyl (C=O) groups is 1. The smallest absolute Gasteiger partial charge is 0.409 e. The molecule has 3 fully saturated rings. The second-order valence-electron chi connectivity index (χ2n) is 10.9. The van der Waals surface area contributed by atoms with Gasteiger partial charge in [0, 0.05) is 44.1 Å². The molecule has 9 nitrogen and oxygen atoms in total. The number of methoxy groups -OCH3 is 1. The van der Waals surface area contributed by atoms with Crippen LogP contribution in [0.5, 0.6) is 5.88 Å². The third kappa shape index (κ3) is 6.67. The van der Waals surface area contributed by atoms with Gasteiger partial charge in [-0.05, 0) is 68.1 Å². The van der Waals surface area contributed by atoms with Crippen molar-refractivity contribution < 1.29 is 19.0 Å². The van der Waals surface area contributed by atoms with Crippen molar-refractivity contribution in [2.75, 3.05) is 63.3 Å². The number of hydrogen-bond donors (Lipinski definition) is 1.